The van der Waals surface area contributed by atoms with Gasteiger partial charge in [-0.3, -0.25) is 9.59 Å². The minimum atomic E-state index is -6.00. The monoisotopic (exact) mass is 281 g/mol. The van der Waals surface area contributed by atoms with Gasteiger partial charge in [-0.15, -0.1) is 11.6 Å². The van der Waals surface area contributed by atoms with Crippen LogP contribution in [-0.4, -0.2) is 47.7 Å². The Morgan fingerprint density at radius 1 is 1.24 bits per heavy atom. The normalized spacial score (nSPS) is 14.4. The molecule has 1 atom stereocenters. The predicted octanol–water partition coefficient (Wildman–Crippen LogP) is 1.84. The van der Waals surface area contributed by atoms with E-state index in [0.717, 1.165) is 6.92 Å². The minimum Gasteiger partial charge on any atom is -0.330 e. The van der Waals surface area contributed by atoms with Crippen molar-refractivity contribution in [2.24, 2.45) is 0 Å². The zero-order valence-corrected chi connectivity index (χ0v) is 9.57. The third kappa shape index (κ3) is 3.27. The fraction of sp³-hybridized carbons (Fsp3) is 0.750. The topological polar surface area (TPSA) is 37.4 Å². The second kappa shape index (κ2) is 5.16. The van der Waals surface area contributed by atoms with Crippen LogP contribution in [0.4, 0.5) is 22.0 Å². The van der Waals surface area contributed by atoms with E-state index in [9.17, 15) is 31.5 Å². The van der Waals surface area contributed by atoms with Crippen molar-refractivity contribution in [2.45, 2.75) is 25.1 Å². The number of hydrogen-bond donors (Lipinski definition) is 0. The van der Waals surface area contributed by atoms with Gasteiger partial charge in [-0.1, -0.05) is 0 Å². The highest BCUT2D eigenvalue weighted by molar-refractivity contribution is 6.28. The second-order valence-corrected chi connectivity index (χ2v) is 3.53. The first-order valence-electron chi connectivity index (χ1n) is 4.27. The first-order valence-corrected chi connectivity index (χ1v) is 4.80. The molecule has 0 aliphatic heterocycles. The molecule has 0 saturated carbocycles. The van der Waals surface area contributed by atoms with Gasteiger partial charge >= 0.3 is 18.0 Å². The highest BCUT2D eigenvalue weighted by atomic mass is 35.5. The van der Waals surface area contributed by atoms with E-state index in [0.29, 0.717) is 7.05 Å². The predicted molar refractivity (Wildman–Crippen MR) is 49.0 cm³/mol. The molecule has 0 radical (unpaired) electrons. The average molecular weight is 282 g/mol. The Kier molecular flexibility index (Phi) is 4.88. The lowest BCUT2D eigenvalue weighted by Gasteiger charge is -2.28. The third-order valence-electron chi connectivity index (χ3n) is 2.12. The van der Waals surface area contributed by atoms with Gasteiger partial charge in [0.15, 0.2) is 5.78 Å². The molecule has 1 unspecified atom stereocenters. The number of halogens is 6. The number of likely N-dealkylation sites (N-methyl/N-ethyl adjacent to an activating group) is 1. The summed E-state index contributed by atoms with van der Waals surface area (Å²) in [4.78, 5) is 21.9. The van der Waals surface area contributed by atoms with Gasteiger partial charge in [0.1, 0.15) is 0 Å². The van der Waals surface area contributed by atoms with E-state index in [1.807, 2.05) is 0 Å². The minimum absolute atomic E-state index is 0.0260. The molecule has 9 heteroatoms. The SMILES string of the molecule is CC(C(=O)CCl)N(C)C(=O)C(F)(F)C(F)(F)F. The van der Waals surface area contributed by atoms with Crippen LogP contribution in [0.1, 0.15) is 6.92 Å². The standard InChI is InChI=1S/C8H9ClF5NO2/c1-4(5(16)3-9)15(2)6(17)7(10,11)8(12,13)14/h4H,3H2,1-2H3. The summed E-state index contributed by atoms with van der Waals surface area (Å²) < 4.78 is 60.9. The van der Waals surface area contributed by atoms with Crippen LogP contribution in [0, 0.1) is 0 Å². The van der Waals surface area contributed by atoms with Crippen LogP contribution in [0.5, 0.6) is 0 Å². The lowest BCUT2D eigenvalue weighted by atomic mass is 10.2. The summed E-state index contributed by atoms with van der Waals surface area (Å²) in [6.45, 7) is 1.01. The Labute approximate surface area is 98.5 Å². The summed E-state index contributed by atoms with van der Waals surface area (Å²) in [7, 11) is 0.678. The van der Waals surface area contributed by atoms with Gasteiger partial charge in [0, 0.05) is 7.05 Å². The molecule has 0 bridgehead atoms. The lowest BCUT2D eigenvalue weighted by molar-refractivity contribution is -0.274. The molecule has 3 nitrogen and oxygen atoms in total. The van der Waals surface area contributed by atoms with Crippen LogP contribution in [0.15, 0.2) is 0 Å². The quantitative estimate of drug-likeness (QED) is 0.582. The van der Waals surface area contributed by atoms with Crippen LogP contribution in [-0.2, 0) is 9.59 Å². The smallest absolute Gasteiger partial charge is 0.330 e. The molecule has 0 aromatic heterocycles. The molecule has 0 fully saturated rings. The van der Waals surface area contributed by atoms with E-state index in [4.69, 9.17) is 11.6 Å². The molecule has 0 N–H and O–H groups in total. The van der Waals surface area contributed by atoms with E-state index in [1.165, 1.54) is 0 Å². The molecule has 0 rings (SSSR count). The van der Waals surface area contributed by atoms with Crippen molar-refractivity contribution in [1.82, 2.24) is 4.90 Å². The number of alkyl halides is 6. The Bertz CT molecular complexity index is 318. The molecule has 1 amide bonds. The maximum Gasteiger partial charge on any atom is 0.463 e. The van der Waals surface area contributed by atoms with Crippen molar-refractivity contribution in [3.63, 3.8) is 0 Å². The molecule has 0 aliphatic rings. The number of ketones is 1. The van der Waals surface area contributed by atoms with E-state index < -0.39 is 35.7 Å². The number of rotatable bonds is 4. The number of carbonyl (C=O) groups is 2. The molecule has 0 aliphatic carbocycles. The highest BCUT2D eigenvalue weighted by Gasteiger charge is 2.64. The van der Waals surface area contributed by atoms with Crippen molar-refractivity contribution >= 4 is 23.3 Å². The molecule has 17 heavy (non-hydrogen) atoms. The van der Waals surface area contributed by atoms with Crippen LogP contribution >= 0.6 is 11.6 Å². The van der Waals surface area contributed by atoms with Crippen LogP contribution in [0.25, 0.3) is 0 Å². The summed E-state index contributed by atoms with van der Waals surface area (Å²) in [5, 5.41) is 0. The molecule has 0 saturated heterocycles. The lowest BCUT2D eigenvalue weighted by Crippen LogP contribution is -2.54. The Morgan fingerprint density at radius 2 is 1.65 bits per heavy atom. The zero-order valence-electron chi connectivity index (χ0n) is 8.82. The fourth-order valence-corrected chi connectivity index (χ4v) is 1.07. The molecular weight excluding hydrogens is 273 g/mol. The van der Waals surface area contributed by atoms with Crippen molar-refractivity contribution in [2.75, 3.05) is 12.9 Å². The molecule has 0 aromatic carbocycles. The average Bonchev–Trinajstić information content (AvgIpc) is 2.23. The molecule has 0 heterocycles. The zero-order chi connectivity index (χ0) is 14.0. The third-order valence-corrected chi connectivity index (χ3v) is 2.39. The second-order valence-electron chi connectivity index (χ2n) is 3.26. The van der Waals surface area contributed by atoms with Gasteiger partial charge in [-0.25, -0.2) is 0 Å². The number of hydrogen-bond acceptors (Lipinski definition) is 2. The Balaban J connectivity index is 5.01. The largest absolute Gasteiger partial charge is 0.463 e. The van der Waals surface area contributed by atoms with Gasteiger partial charge in [0.05, 0.1) is 11.9 Å². The van der Waals surface area contributed by atoms with Gasteiger partial charge < -0.3 is 4.90 Å². The van der Waals surface area contributed by atoms with E-state index >= 15 is 0 Å². The van der Waals surface area contributed by atoms with Gasteiger partial charge in [0.25, 0.3) is 0 Å². The highest BCUT2D eigenvalue weighted by Crippen LogP contribution is 2.36. The summed E-state index contributed by atoms with van der Waals surface area (Å²) in [6, 6.07) is -1.45. The number of amides is 1. The summed E-state index contributed by atoms with van der Waals surface area (Å²) in [5.41, 5.74) is 0. The maximum atomic E-state index is 12.6. The summed E-state index contributed by atoms with van der Waals surface area (Å²) in [6.07, 6.45) is -6.00. The maximum absolute atomic E-state index is 12.6. The Morgan fingerprint density at radius 3 is 1.94 bits per heavy atom. The molecular formula is C8H9ClF5NO2. The number of nitrogens with zero attached hydrogens (tertiary/aromatic N) is 1. The fourth-order valence-electron chi connectivity index (χ4n) is 0.846. The molecule has 0 spiro atoms. The van der Waals surface area contributed by atoms with Crippen LogP contribution < -0.4 is 0 Å². The first-order chi connectivity index (χ1) is 7.46. The molecule has 0 aromatic rings. The van der Waals surface area contributed by atoms with Crippen LogP contribution in [0.3, 0.4) is 0 Å². The molecule has 100 valence electrons. The van der Waals surface area contributed by atoms with Gasteiger partial charge in [-0.05, 0) is 6.92 Å². The van der Waals surface area contributed by atoms with E-state index in [1.54, 1.807) is 0 Å². The Hall–Kier alpha value is -0.920. The van der Waals surface area contributed by atoms with Crippen molar-refractivity contribution < 1.29 is 31.5 Å². The van der Waals surface area contributed by atoms with E-state index in [2.05, 4.69) is 0 Å². The number of carbonyl (C=O) groups excluding carboxylic acids is 2. The van der Waals surface area contributed by atoms with Crippen molar-refractivity contribution in [1.29, 1.82) is 0 Å². The first kappa shape index (κ1) is 16.1. The van der Waals surface area contributed by atoms with Crippen LogP contribution in [0.2, 0.25) is 0 Å². The summed E-state index contributed by atoms with van der Waals surface area (Å²) in [5.74, 6) is -9.43. The van der Waals surface area contributed by atoms with Crippen molar-refractivity contribution in [3.8, 4) is 0 Å². The van der Waals surface area contributed by atoms with E-state index in [-0.39, 0.29) is 4.90 Å². The van der Waals surface area contributed by atoms with Crippen molar-refractivity contribution in [3.05, 3.63) is 0 Å². The van der Waals surface area contributed by atoms with Gasteiger partial charge in [0.2, 0.25) is 0 Å². The number of Topliss-reactive ketones (excluding diaryl/α,β-unsaturated/α-hetero) is 1. The summed E-state index contributed by atoms with van der Waals surface area (Å²) >= 11 is 5.10. The van der Waals surface area contributed by atoms with Gasteiger partial charge in [-0.2, -0.15) is 22.0 Å².